The fourth-order valence-electron chi connectivity index (χ4n) is 2.76. The zero-order valence-corrected chi connectivity index (χ0v) is 12.5. The molecule has 0 radical (unpaired) electrons. The van der Waals surface area contributed by atoms with Gasteiger partial charge in [-0.25, -0.2) is 0 Å². The molecule has 0 aliphatic rings. The Kier molecular flexibility index (Phi) is 3.85. The van der Waals surface area contributed by atoms with E-state index < -0.39 is 0 Å². The molecule has 2 N–H and O–H groups in total. The van der Waals surface area contributed by atoms with Gasteiger partial charge in [-0.3, -0.25) is 0 Å². The molecule has 0 saturated carbocycles. The van der Waals surface area contributed by atoms with Crippen molar-refractivity contribution in [3.8, 4) is 5.75 Å². The van der Waals surface area contributed by atoms with Crippen molar-refractivity contribution < 1.29 is 4.74 Å². The molecule has 0 amide bonds. The molecule has 0 spiro atoms. The van der Waals surface area contributed by atoms with Crippen LogP contribution in [0, 0.1) is 6.92 Å². The second-order valence-corrected chi connectivity index (χ2v) is 5.58. The van der Waals surface area contributed by atoms with Gasteiger partial charge in [0.25, 0.3) is 0 Å². The van der Waals surface area contributed by atoms with E-state index in [1.807, 2.05) is 19.9 Å². The van der Waals surface area contributed by atoms with Crippen LogP contribution < -0.4 is 10.5 Å². The molecule has 1 aromatic carbocycles. The number of fused-ring (bicyclic) bond motifs is 1. The maximum atomic E-state index is 5.93. The average molecular weight is 260 g/mol. The number of aromatic nitrogens is 1. The Bertz CT molecular complexity index is 582. The number of hydrogen-bond donors (Lipinski definition) is 1. The summed E-state index contributed by atoms with van der Waals surface area (Å²) in [5, 5.41) is 1.21. The summed E-state index contributed by atoms with van der Waals surface area (Å²) in [5.74, 6) is 0.915. The van der Waals surface area contributed by atoms with Gasteiger partial charge in [0.1, 0.15) is 5.75 Å². The van der Waals surface area contributed by atoms with Gasteiger partial charge < -0.3 is 15.0 Å². The zero-order valence-electron chi connectivity index (χ0n) is 12.5. The second kappa shape index (κ2) is 5.25. The maximum Gasteiger partial charge on any atom is 0.120 e. The molecule has 3 nitrogen and oxygen atoms in total. The topological polar surface area (TPSA) is 40.2 Å². The van der Waals surface area contributed by atoms with Gasteiger partial charge in [-0.15, -0.1) is 0 Å². The van der Waals surface area contributed by atoms with Gasteiger partial charge in [-0.05, 0) is 58.4 Å². The first-order valence-electron chi connectivity index (χ1n) is 6.95. The molecule has 0 unspecified atom stereocenters. The van der Waals surface area contributed by atoms with E-state index in [2.05, 4.69) is 37.5 Å². The van der Waals surface area contributed by atoms with Gasteiger partial charge >= 0.3 is 0 Å². The summed E-state index contributed by atoms with van der Waals surface area (Å²) in [4.78, 5) is 0. The van der Waals surface area contributed by atoms with Crippen molar-refractivity contribution >= 4 is 10.9 Å². The maximum absolute atomic E-state index is 5.93. The second-order valence-electron chi connectivity index (χ2n) is 5.58. The molecule has 2 aromatic rings. The molecule has 104 valence electrons. The van der Waals surface area contributed by atoms with Gasteiger partial charge in [0.15, 0.2) is 0 Å². The summed E-state index contributed by atoms with van der Waals surface area (Å²) in [6, 6.07) is 6.73. The van der Waals surface area contributed by atoms with Crippen LogP contribution in [0.1, 0.15) is 45.0 Å². The highest BCUT2D eigenvalue weighted by molar-refractivity contribution is 5.87. The molecule has 0 fully saturated rings. The minimum absolute atomic E-state index is 0.187. The van der Waals surface area contributed by atoms with E-state index in [1.54, 1.807) is 0 Å². The quantitative estimate of drug-likeness (QED) is 0.908. The van der Waals surface area contributed by atoms with E-state index in [0.29, 0.717) is 12.6 Å². The zero-order chi connectivity index (χ0) is 14.2. The summed E-state index contributed by atoms with van der Waals surface area (Å²) in [5.41, 5.74) is 9.65. The predicted octanol–water partition coefficient (Wildman–Crippen LogP) is 3.78. The lowest BCUT2D eigenvalue weighted by Gasteiger charge is -2.13. The van der Waals surface area contributed by atoms with Gasteiger partial charge in [0, 0.05) is 29.2 Å². The number of nitrogens with two attached hydrogens (primary N) is 1. The molecular weight excluding hydrogens is 236 g/mol. The summed E-state index contributed by atoms with van der Waals surface area (Å²) in [6.07, 6.45) is 0.187. The van der Waals surface area contributed by atoms with E-state index in [9.17, 15) is 0 Å². The molecule has 19 heavy (non-hydrogen) atoms. The van der Waals surface area contributed by atoms with Crippen LogP contribution in [0.3, 0.4) is 0 Å². The molecule has 3 heteroatoms. The molecular formula is C16H24N2O. The molecule has 0 atom stereocenters. The number of benzene rings is 1. The van der Waals surface area contributed by atoms with Crippen molar-refractivity contribution in [2.75, 3.05) is 0 Å². The average Bonchev–Trinajstić information content (AvgIpc) is 2.59. The molecule has 1 heterocycles. The minimum atomic E-state index is 0.187. The van der Waals surface area contributed by atoms with Gasteiger partial charge in [0.05, 0.1) is 6.10 Å². The van der Waals surface area contributed by atoms with Crippen LogP contribution in [0.25, 0.3) is 10.9 Å². The highest BCUT2D eigenvalue weighted by Crippen LogP contribution is 2.31. The lowest BCUT2D eigenvalue weighted by atomic mass is 10.1. The van der Waals surface area contributed by atoms with Crippen LogP contribution in [0.15, 0.2) is 18.2 Å². The Balaban J connectivity index is 2.65. The minimum Gasteiger partial charge on any atom is -0.491 e. The van der Waals surface area contributed by atoms with E-state index >= 15 is 0 Å². The van der Waals surface area contributed by atoms with Crippen molar-refractivity contribution in [3.05, 3.63) is 29.5 Å². The van der Waals surface area contributed by atoms with Crippen molar-refractivity contribution in [3.63, 3.8) is 0 Å². The first-order chi connectivity index (χ1) is 8.95. The Morgan fingerprint density at radius 2 is 1.89 bits per heavy atom. The first kappa shape index (κ1) is 13.9. The summed E-state index contributed by atoms with van der Waals surface area (Å²) in [7, 11) is 0. The molecule has 1 aromatic heterocycles. The molecule has 0 bridgehead atoms. The highest BCUT2D eigenvalue weighted by atomic mass is 16.5. The standard InChI is InChI=1S/C16H24N2O/c1-10(2)18-12(5)15(9-17)14-8-13(19-11(3)4)6-7-16(14)18/h6-8,10-11H,9,17H2,1-5H3. The van der Waals surface area contributed by atoms with Crippen molar-refractivity contribution in [1.29, 1.82) is 0 Å². The van der Waals surface area contributed by atoms with Crippen LogP contribution in [-0.4, -0.2) is 10.7 Å². The fraction of sp³-hybridized carbons (Fsp3) is 0.500. The first-order valence-corrected chi connectivity index (χ1v) is 6.95. The van der Waals surface area contributed by atoms with Crippen LogP contribution in [0.5, 0.6) is 5.75 Å². The van der Waals surface area contributed by atoms with Gasteiger partial charge in [-0.2, -0.15) is 0 Å². The molecule has 0 aliphatic heterocycles. The van der Waals surface area contributed by atoms with Crippen LogP contribution in [-0.2, 0) is 6.54 Å². The Labute approximate surface area is 115 Å². The smallest absolute Gasteiger partial charge is 0.120 e. The normalized spacial score (nSPS) is 11.8. The van der Waals surface area contributed by atoms with Crippen LogP contribution >= 0.6 is 0 Å². The fourth-order valence-corrected chi connectivity index (χ4v) is 2.76. The number of nitrogens with zero attached hydrogens (tertiary/aromatic N) is 1. The number of ether oxygens (including phenoxy) is 1. The lowest BCUT2D eigenvalue weighted by molar-refractivity contribution is 0.243. The Hall–Kier alpha value is -1.48. The molecule has 2 rings (SSSR count). The SMILES string of the molecule is Cc1c(CN)c2cc(OC(C)C)ccc2n1C(C)C. The molecule has 0 aliphatic carbocycles. The van der Waals surface area contributed by atoms with E-state index in [-0.39, 0.29) is 6.10 Å². The van der Waals surface area contributed by atoms with E-state index in [4.69, 9.17) is 10.5 Å². The van der Waals surface area contributed by atoms with Crippen LogP contribution in [0.4, 0.5) is 0 Å². The predicted molar refractivity (Wildman–Crippen MR) is 80.7 cm³/mol. The van der Waals surface area contributed by atoms with E-state index in [0.717, 1.165) is 5.75 Å². The highest BCUT2D eigenvalue weighted by Gasteiger charge is 2.15. The number of hydrogen-bond acceptors (Lipinski definition) is 2. The summed E-state index contributed by atoms with van der Waals surface area (Å²) >= 11 is 0. The molecule has 0 saturated heterocycles. The monoisotopic (exact) mass is 260 g/mol. The lowest BCUT2D eigenvalue weighted by Crippen LogP contribution is -2.05. The van der Waals surface area contributed by atoms with Crippen LogP contribution in [0.2, 0.25) is 0 Å². The largest absolute Gasteiger partial charge is 0.491 e. The van der Waals surface area contributed by atoms with Crippen molar-refractivity contribution in [2.24, 2.45) is 5.73 Å². The Morgan fingerprint density at radius 3 is 2.42 bits per heavy atom. The number of rotatable bonds is 4. The third kappa shape index (κ3) is 2.47. The summed E-state index contributed by atoms with van der Waals surface area (Å²) < 4.78 is 8.13. The van der Waals surface area contributed by atoms with Crippen molar-refractivity contribution in [2.45, 2.75) is 53.3 Å². The van der Waals surface area contributed by atoms with Gasteiger partial charge in [-0.1, -0.05) is 0 Å². The van der Waals surface area contributed by atoms with E-state index in [1.165, 1.54) is 22.2 Å². The van der Waals surface area contributed by atoms with Crippen molar-refractivity contribution in [1.82, 2.24) is 4.57 Å². The Morgan fingerprint density at radius 1 is 1.21 bits per heavy atom. The van der Waals surface area contributed by atoms with Gasteiger partial charge in [0.2, 0.25) is 0 Å². The third-order valence-electron chi connectivity index (χ3n) is 3.44. The third-order valence-corrected chi connectivity index (χ3v) is 3.44. The summed E-state index contributed by atoms with van der Waals surface area (Å²) in [6.45, 7) is 11.2.